The maximum Gasteiger partial charge on any atom is 0.324 e. The first-order valence-electron chi connectivity index (χ1n) is 8.43. The second-order valence-electron chi connectivity index (χ2n) is 6.53. The van der Waals surface area contributed by atoms with Crippen LogP contribution >= 0.6 is 0 Å². The second-order valence-corrected chi connectivity index (χ2v) is 9.04. The lowest BCUT2D eigenvalue weighted by atomic mass is 10.1. The summed E-state index contributed by atoms with van der Waals surface area (Å²) in [5, 5.41) is 2.10. The van der Waals surface area contributed by atoms with E-state index in [1.807, 2.05) is 30.3 Å². The van der Waals surface area contributed by atoms with Crippen molar-refractivity contribution in [2.45, 2.75) is 29.8 Å². The number of urea groups is 1. The maximum atomic E-state index is 12.7. The van der Waals surface area contributed by atoms with Crippen molar-refractivity contribution in [1.29, 1.82) is 0 Å². The lowest BCUT2D eigenvalue weighted by Gasteiger charge is -2.24. The Morgan fingerprint density at radius 1 is 1.12 bits per heavy atom. The first kappa shape index (κ1) is 16.1. The summed E-state index contributed by atoms with van der Waals surface area (Å²) in [5.74, 6) is 0.425. The summed E-state index contributed by atoms with van der Waals surface area (Å²) < 4.78 is 26.5. The number of para-hydroxylation sites is 1. The minimum absolute atomic E-state index is 0.261. The lowest BCUT2D eigenvalue weighted by Crippen LogP contribution is -2.40. The summed E-state index contributed by atoms with van der Waals surface area (Å²) in [6.45, 7) is 0.717. The van der Waals surface area contributed by atoms with Gasteiger partial charge in [0.2, 0.25) is 5.95 Å². The first-order valence-corrected chi connectivity index (χ1v) is 10.0. The number of sulfone groups is 1. The molecule has 0 radical (unpaired) electrons. The van der Waals surface area contributed by atoms with E-state index in [9.17, 15) is 13.2 Å². The minimum atomic E-state index is -3.09. The highest BCUT2D eigenvalue weighted by Gasteiger charge is 2.44. The van der Waals surface area contributed by atoms with Gasteiger partial charge in [-0.2, -0.15) is 0 Å². The number of imidazole rings is 1. The van der Waals surface area contributed by atoms with Crippen molar-refractivity contribution in [1.82, 2.24) is 14.5 Å². The fraction of sp³-hybridized carbons (Fsp3) is 0.412. The van der Waals surface area contributed by atoms with Gasteiger partial charge in [-0.3, -0.25) is 9.88 Å². The maximum absolute atomic E-state index is 12.7. The predicted octanol–water partition coefficient (Wildman–Crippen LogP) is 2.06. The van der Waals surface area contributed by atoms with Gasteiger partial charge in [0.05, 0.1) is 10.5 Å². The molecule has 1 N–H and O–H groups in total. The summed E-state index contributed by atoms with van der Waals surface area (Å²) >= 11 is 0. The number of anilines is 1. The van der Waals surface area contributed by atoms with Crippen LogP contribution in [0.2, 0.25) is 0 Å². The molecule has 2 bridgehead atoms. The summed E-state index contributed by atoms with van der Waals surface area (Å²) in [6, 6.07) is 9.30. The summed E-state index contributed by atoms with van der Waals surface area (Å²) in [5.41, 5.74) is 0.896. The number of hydrogen-bond donors (Lipinski definition) is 1. The summed E-state index contributed by atoms with van der Waals surface area (Å²) in [7, 11) is -3.09. The normalized spacial score (nSPS) is 24.7. The molecular weight excluding hydrogens is 340 g/mol. The number of fused-ring (bicyclic) bond motifs is 2. The van der Waals surface area contributed by atoms with E-state index < -0.39 is 15.1 Å². The second kappa shape index (κ2) is 6.18. The van der Waals surface area contributed by atoms with Gasteiger partial charge in [-0.15, -0.1) is 0 Å². The number of nitrogens with one attached hydrogen (secondary N) is 1. The van der Waals surface area contributed by atoms with Gasteiger partial charge in [0.1, 0.15) is 0 Å². The van der Waals surface area contributed by atoms with Crippen LogP contribution in [0.5, 0.6) is 0 Å². The van der Waals surface area contributed by atoms with Crippen molar-refractivity contribution in [3.05, 3.63) is 42.7 Å². The third-order valence-corrected chi connectivity index (χ3v) is 7.78. The zero-order chi connectivity index (χ0) is 17.4. The Kier molecular flexibility index (Phi) is 3.99. The molecule has 8 heteroatoms. The molecular formula is C17H20N4O3S. The van der Waals surface area contributed by atoms with Gasteiger partial charge in [-0.05, 0) is 31.4 Å². The van der Waals surface area contributed by atoms with Gasteiger partial charge in [-0.1, -0.05) is 18.2 Å². The van der Waals surface area contributed by atoms with Crippen molar-refractivity contribution >= 4 is 21.8 Å². The Morgan fingerprint density at radius 2 is 1.88 bits per heavy atom. The Balaban J connectivity index is 1.51. The van der Waals surface area contributed by atoms with Gasteiger partial charge in [0, 0.05) is 31.2 Å². The highest BCUT2D eigenvalue weighted by molar-refractivity contribution is 7.93. The molecule has 1 aromatic carbocycles. The zero-order valence-electron chi connectivity index (χ0n) is 13.7. The number of carbonyl (C=O) groups excluding carboxylic acids is 1. The van der Waals surface area contributed by atoms with E-state index in [0.29, 0.717) is 25.3 Å². The first-order chi connectivity index (χ1) is 12.1. The van der Waals surface area contributed by atoms with Crippen molar-refractivity contribution in [3.63, 3.8) is 0 Å². The molecule has 0 spiro atoms. The van der Waals surface area contributed by atoms with Crippen LogP contribution < -0.4 is 5.32 Å². The molecule has 2 atom stereocenters. The van der Waals surface area contributed by atoms with E-state index in [0.717, 1.165) is 12.1 Å². The van der Waals surface area contributed by atoms with E-state index in [-0.39, 0.29) is 17.8 Å². The Labute approximate surface area is 146 Å². The average molecular weight is 360 g/mol. The van der Waals surface area contributed by atoms with E-state index >= 15 is 0 Å². The van der Waals surface area contributed by atoms with E-state index in [4.69, 9.17) is 0 Å². The number of aromatic nitrogens is 2. The van der Waals surface area contributed by atoms with Gasteiger partial charge in [0.15, 0.2) is 9.84 Å². The van der Waals surface area contributed by atoms with E-state index in [1.165, 1.54) is 0 Å². The smallest absolute Gasteiger partial charge is 0.323 e. The van der Waals surface area contributed by atoms with Crippen molar-refractivity contribution in [2.24, 2.45) is 0 Å². The van der Waals surface area contributed by atoms with Gasteiger partial charge < -0.3 is 4.90 Å². The molecule has 2 saturated heterocycles. The Bertz CT molecular complexity index is 878. The zero-order valence-corrected chi connectivity index (χ0v) is 14.5. The highest BCUT2D eigenvalue weighted by Crippen LogP contribution is 2.33. The summed E-state index contributed by atoms with van der Waals surface area (Å²) in [6.07, 6.45) is 5.28. The Morgan fingerprint density at radius 3 is 2.68 bits per heavy atom. The molecule has 1 aromatic heterocycles. The molecule has 0 saturated carbocycles. The number of carbonyl (C=O) groups is 1. The van der Waals surface area contributed by atoms with Crippen LogP contribution in [0.3, 0.4) is 0 Å². The molecule has 2 aromatic rings. The van der Waals surface area contributed by atoms with Crippen LogP contribution in [0.1, 0.15) is 19.3 Å². The molecule has 2 aliphatic heterocycles. The molecule has 2 unspecified atom stereocenters. The molecule has 0 aliphatic carbocycles. The molecule has 3 heterocycles. The number of rotatable bonds is 2. The van der Waals surface area contributed by atoms with Crippen LogP contribution in [0.25, 0.3) is 5.69 Å². The molecule has 132 valence electrons. The van der Waals surface area contributed by atoms with E-state index in [1.54, 1.807) is 21.9 Å². The van der Waals surface area contributed by atoms with E-state index in [2.05, 4.69) is 10.3 Å². The van der Waals surface area contributed by atoms with Crippen molar-refractivity contribution in [2.75, 3.05) is 18.4 Å². The molecule has 7 nitrogen and oxygen atoms in total. The number of likely N-dealkylation sites (tertiary alicyclic amines) is 1. The number of benzene rings is 1. The average Bonchev–Trinajstić information content (AvgIpc) is 3.10. The van der Waals surface area contributed by atoms with Crippen LogP contribution in [-0.2, 0) is 9.84 Å². The van der Waals surface area contributed by atoms with Gasteiger partial charge in [0.25, 0.3) is 0 Å². The van der Waals surface area contributed by atoms with Crippen LogP contribution in [0, 0.1) is 0 Å². The molecule has 2 aliphatic rings. The van der Waals surface area contributed by atoms with Crippen LogP contribution in [0.4, 0.5) is 10.7 Å². The van der Waals surface area contributed by atoms with Gasteiger partial charge >= 0.3 is 6.03 Å². The number of amides is 2. The topological polar surface area (TPSA) is 84.3 Å². The summed E-state index contributed by atoms with van der Waals surface area (Å²) in [4.78, 5) is 18.5. The quantitative estimate of drug-likeness (QED) is 0.888. The minimum Gasteiger partial charge on any atom is -0.323 e. The number of nitrogens with zero attached hydrogens (tertiary/aromatic N) is 3. The third kappa shape index (κ3) is 2.90. The molecule has 25 heavy (non-hydrogen) atoms. The highest BCUT2D eigenvalue weighted by atomic mass is 32.2. The fourth-order valence-corrected chi connectivity index (χ4v) is 5.96. The van der Waals surface area contributed by atoms with Gasteiger partial charge in [-0.25, -0.2) is 18.2 Å². The van der Waals surface area contributed by atoms with Crippen molar-refractivity contribution < 1.29 is 13.2 Å². The Hall–Kier alpha value is -2.35. The number of hydrogen-bond acceptors (Lipinski definition) is 4. The fourth-order valence-electron chi connectivity index (χ4n) is 3.67. The largest absolute Gasteiger partial charge is 0.324 e. The standard InChI is InChI=1S/C17H20N4O3S/c22-17(20-10-8-14-6-7-15(12-20)25(14,23)24)19-16-18-9-11-21(16)13-4-2-1-3-5-13/h1-5,9,11,14-15H,6-8,10,12H2,(H,18,19,22). The molecule has 2 amide bonds. The molecule has 4 rings (SSSR count). The monoisotopic (exact) mass is 360 g/mol. The SMILES string of the molecule is O=C(Nc1nccn1-c1ccccc1)N1CCC2CCC(C1)S2(=O)=O. The van der Waals surface area contributed by atoms with Crippen LogP contribution in [-0.4, -0.2) is 52.5 Å². The lowest BCUT2D eigenvalue weighted by molar-refractivity contribution is 0.209. The van der Waals surface area contributed by atoms with Crippen LogP contribution in [0.15, 0.2) is 42.7 Å². The third-order valence-electron chi connectivity index (χ3n) is 5.07. The van der Waals surface area contributed by atoms with Crippen molar-refractivity contribution in [3.8, 4) is 5.69 Å². The predicted molar refractivity (Wildman–Crippen MR) is 94.5 cm³/mol. The molecule has 2 fully saturated rings.